The average Bonchev–Trinajstić information content (AvgIpc) is 3.09. The molecule has 0 aliphatic carbocycles. The molecule has 0 aromatic carbocycles. The molecule has 4 aliphatic rings. The van der Waals surface area contributed by atoms with Crippen LogP contribution in [-0.4, -0.2) is 80.8 Å². The van der Waals surface area contributed by atoms with Gasteiger partial charge in [-0.2, -0.15) is 4.31 Å². The number of hydrogen-bond acceptors (Lipinski definition) is 7. The standard InChI is InChI=1S/C18H24N4O5S/c1-13-5-14(16(19-6-13)21-9-17(10-21)3-2-4-26-17)28(24,25)22-11-18(12-22)8-20-15(23)7-27-18/h5-6H,2-4,7-12H2,1H3,(H,20,23). The van der Waals surface area contributed by atoms with E-state index in [1.165, 1.54) is 4.31 Å². The van der Waals surface area contributed by atoms with Gasteiger partial charge in [-0.3, -0.25) is 4.79 Å². The molecule has 1 N–H and O–H groups in total. The third kappa shape index (κ3) is 2.81. The monoisotopic (exact) mass is 408 g/mol. The highest BCUT2D eigenvalue weighted by Crippen LogP contribution is 2.41. The number of aryl methyl sites for hydroxylation is 1. The van der Waals surface area contributed by atoms with Gasteiger partial charge in [0.05, 0.1) is 13.1 Å². The molecule has 4 aliphatic heterocycles. The number of hydrogen-bond donors (Lipinski definition) is 1. The van der Waals surface area contributed by atoms with Crippen molar-refractivity contribution in [1.82, 2.24) is 14.6 Å². The molecule has 4 fully saturated rings. The van der Waals surface area contributed by atoms with E-state index >= 15 is 0 Å². The van der Waals surface area contributed by atoms with Gasteiger partial charge in [-0.1, -0.05) is 0 Å². The summed E-state index contributed by atoms with van der Waals surface area (Å²) in [4.78, 5) is 18.0. The van der Waals surface area contributed by atoms with Crippen molar-refractivity contribution in [3.63, 3.8) is 0 Å². The predicted molar refractivity (Wildman–Crippen MR) is 99.6 cm³/mol. The van der Waals surface area contributed by atoms with E-state index in [1.807, 2.05) is 11.8 Å². The third-order valence-electron chi connectivity index (χ3n) is 6.08. The lowest BCUT2D eigenvalue weighted by Gasteiger charge is -2.51. The number of nitrogens with one attached hydrogen (secondary N) is 1. The summed E-state index contributed by atoms with van der Waals surface area (Å²) in [6, 6.07) is 1.69. The fraction of sp³-hybridized carbons (Fsp3) is 0.667. The molecule has 1 aromatic rings. The molecule has 0 bridgehead atoms. The van der Waals surface area contributed by atoms with Crippen molar-refractivity contribution in [2.24, 2.45) is 0 Å². The predicted octanol–water partition coefficient (Wildman–Crippen LogP) is -0.351. The van der Waals surface area contributed by atoms with Crippen LogP contribution in [0.5, 0.6) is 0 Å². The fourth-order valence-electron chi connectivity index (χ4n) is 4.46. The number of carbonyl (C=O) groups excluding carboxylic acids is 1. The van der Waals surface area contributed by atoms with Crippen molar-refractivity contribution in [1.29, 1.82) is 0 Å². The number of rotatable bonds is 3. The lowest BCUT2D eigenvalue weighted by atomic mass is 9.91. The molecule has 5 rings (SSSR count). The molecule has 4 saturated heterocycles. The molecule has 5 heterocycles. The van der Waals surface area contributed by atoms with Crippen LogP contribution in [0, 0.1) is 6.92 Å². The Morgan fingerprint density at radius 2 is 1.96 bits per heavy atom. The molecule has 0 unspecified atom stereocenters. The average molecular weight is 408 g/mol. The highest BCUT2D eigenvalue weighted by molar-refractivity contribution is 7.89. The highest BCUT2D eigenvalue weighted by atomic mass is 32.2. The first-order valence-electron chi connectivity index (χ1n) is 9.57. The van der Waals surface area contributed by atoms with Crippen molar-refractivity contribution in [2.45, 2.75) is 35.9 Å². The molecule has 1 aromatic heterocycles. The maximum Gasteiger partial charge on any atom is 0.246 e. The summed E-state index contributed by atoms with van der Waals surface area (Å²) in [5, 5.41) is 2.75. The van der Waals surface area contributed by atoms with Gasteiger partial charge in [-0.05, 0) is 31.4 Å². The lowest BCUT2D eigenvalue weighted by Crippen LogP contribution is -2.71. The van der Waals surface area contributed by atoms with Crippen LogP contribution >= 0.6 is 0 Å². The number of pyridine rings is 1. The van der Waals surface area contributed by atoms with Gasteiger partial charge in [0.1, 0.15) is 28.5 Å². The summed E-state index contributed by atoms with van der Waals surface area (Å²) in [5.41, 5.74) is 0.0468. The van der Waals surface area contributed by atoms with Crippen LogP contribution in [-0.2, 0) is 24.3 Å². The second kappa shape index (κ2) is 6.12. The van der Waals surface area contributed by atoms with Crippen molar-refractivity contribution in [3.05, 3.63) is 17.8 Å². The maximum absolute atomic E-state index is 13.3. The first kappa shape index (κ1) is 18.3. The summed E-state index contributed by atoms with van der Waals surface area (Å²) in [6.07, 6.45) is 3.76. The minimum absolute atomic E-state index is 0.0268. The number of morpholine rings is 1. The number of sulfonamides is 1. The van der Waals surface area contributed by atoms with E-state index in [0.29, 0.717) is 25.5 Å². The Balaban J connectivity index is 1.37. The topological polar surface area (TPSA) is 101 Å². The molecule has 0 radical (unpaired) electrons. The molecule has 152 valence electrons. The van der Waals surface area contributed by atoms with Gasteiger partial charge in [0.25, 0.3) is 0 Å². The number of carbonyl (C=O) groups is 1. The van der Waals surface area contributed by atoms with Crippen LogP contribution in [0.1, 0.15) is 18.4 Å². The SMILES string of the molecule is Cc1cnc(N2CC3(CCCO3)C2)c(S(=O)(=O)N2CC3(CNC(=O)CO3)C2)c1. The van der Waals surface area contributed by atoms with Gasteiger partial charge < -0.3 is 19.7 Å². The molecule has 9 nitrogen and oxygen atoms in total. The van der Waals surface area contributed by atoms with Gasteiger partial charge in [0.2, 0.25) is 15.9 Å². The Hall–Kier alpha value is -1.75. The largest absolute Gasteiger partial charge is 0.371 e. The minimum Gasteiger partial charge on any atom is -0.371 e. The van der Waals surface area contributed by atoms with E-state index in [2.05, 4.69) is 10.3 Å². The van der Waals surface area contributed by atoms with Crippen molar-refractivity contribution >= 4 is 21.7 Å². The Morgan fingerprint density at radius 3 is 2.61 bits per heavy atom. The molecule has 1 amide bonds. The summed E-state index contributed by atoms with van der Waals surface area (Å²) >= 11 is 0. The smallest absolute Gasteiger partial charge is 0.246 e. The molecule has 2 spiro atoms. The molecule has 28 heavy (non-hydrogen) atoms. The van der Waals surface area contributed by atoms with E-state index in [0.717, 1.165) is 25.0 Å². The lowest BCUT2D eigenvalue weighted by molar-refractivity contribution is -0.160. The van der Waals surface area contributed by atoms with Gasteiger partial charge in [0.15, 0.2) is 0 Å². The molecular formula is C18H24N4O5S. The van der Waals surface area contributed by atoms with E-state index in [9.17, 15) is 13.2 Å². The number of aromatic nitrogens is 1. The Morgan fingerprint density at radius 1 is 1.18 bits per heavy atom. The summed E-state index contributed by atoms with van der Waals surface area (Å²) in [6.45, 7) is 4.72. The van der Waals surface area contributed by atoms with E-state index in [-0.39, 0.29) is 36.1 Å². The molecular weight excluding hydrogens is 384 g/mol. The quantitative estimate of drug-likeness (QED) is 0.729. The molecule has 10 heteroatoms. The van der Waals surface area contributed by atoms with Crippen molar-refractivity contribution < 1.29 is 22.7 Å². The molecule has 0 atom stereocenters. The van der Waals surface area contributed by atoms with Crippen LogP contribution < -0.4 is 10.2 Å². The highest BCUT2D eigenvalue weighted by Gasteiger charge is 2.53. The van der Waals surface area contributed by atoms with E-state index < -0.39 is 15.6 Å². The van der Waals surface area contributed by atoms with Gasteiger partial charge in [-0.25, -0.2) is 13.4 Å². The van der Waals surface area contributed by atoms with Crippen LogP contribution in [0.3, 0.4) is 0 Å². The fourth-order valence-corrected chi connectivity index (χ4v) is 6.29. The molecule has 0 saturated carbocycles. The van der Waals surface area contributed by atoms with Crippen LogP contribution in [0.15, 0.2) is 17.2 Å². The Kier molecular flexibility index (Phi) is 4.00. The zero-order valence-corrected chi connectivity index (χ0v) is 16.6. The summed E-state index contributed by atoms with van der Waals surface area (Å²) in [5.74, 6) is 0.323. The Bertz CT molecular complexity index is 902. The van der Waals surface area contributed by atoms with Gasteiger partial charge in [-0.15, -0.1) is 0 Å². The van der Waals surface area contributed by atoms with Crippen LogP contribution in [0.25, 0.3) is 0 Å². The number of amides is 1. The number of ether oxygens (including phenoxy) is 2. The normalized spacial score (nSPS) is 26.2. The first-order chi connectivity index (χ1) is 13.3. The van der Waals surface area contributed by atoms with Crippen molar-refractivity contribution in [2.75, 3.05) is 50.8 Å². The Labute approximate surface area is 164 Å². The van der Waals surface area contributed by atoms with Gasteiger partial charge in [0, 0.05) is 32.4 Å². The zero-order valence-electron chi connectivity index (χ0n) is 15.8. The van der Waals surface area contributed by atoms with Crippen LogP contribution in [0.4, 0.5) is 5.82 Å². The maximum atomic E-state index is 13.3. The minimum atomic E-state index is -3.70. The number of nitrogens with zero attached hydrogens (tertiary/aromatic N) is 3. The number of anilines is 1. The third-order valence-corrected chi connectivity index (χ3v) is 7.87. The van der Waals surface area contributed by atoms with E-state index in [1.54, 1.807) is 12.3 Å². The zero-order chi connectivity index (χ0) is 19.6. The second-order valence-electron chi connectivity index (χ2n) is 8.35. The summed E-state index contributed by atoms with van der Waals surface area (Å²) in [7, 11) is -3.70. The van der Waals surface area contributed by atoms with Gasteiger partial charge >= 0.3 is 0 Å². The first-order valence-corrected chi connectivity index (χ1v) is 11.0. The summed E-state index contributed by atoms with van der Waals surface area (Å²) < 4.78 is 39.5. The van der Waals surface area contributed by atoms with E-state index in [4.69, 9.17) is 9.47 Å². The van der Waals surface area contributed by atoms with Crippen LogP contribution in [0.2, 0.25) is 0 Å². The van der Waals surface area contributed by atoms with Crippen molar-refractivity contribution in [3.8, 4) is 0 Å². The second-order valence-corrected chi connectivity index (χ2v) is 10.3.